The molecule has 1 N–H and O–H groups in total. The summed E-state index contributed by atoms with van der Waals surface area (Å²) in [5, 5.41) is 4.48. The third kappa shape index (κ3) is 6.16. The van der Waals surface area contributed by atoms with Gasteiger partial charge in [-0.05, 0) is 103 Å². The summed E-state index contributed by atoms with van der Waals surface area (Å²) in [4.78, 5) is 32.5. The van der Waals surface area contributed by atoms with E-state index in [-0.39, 0.29) is 17.5 Å². The molecule has 2 fully saturated rings. The average molecular weight is 585 g/mol. The van der Waals surface area contributed by atoms with E-state index in [0.29, 0.717) is 28.6 Å². The maximum absolute atomic E-state index is 15.1. The number of hydrogen-bond acceptors (Lipinski definition) is 5. The fraction of sp³-hybridized carbons (Fsp3) is 0.353. The molecule has 42 heavy (non-hydrogen) atoms. The molecule has 0 spiro atoms. The molecule has 2 aliphatic rings. The van der Waals surface area contributed by atoms with Crippen molar-refractivity contribution in [3.8, 4) is 11.1 Å². The highest BCUT2D eigenvalue weighted by atomic mass is 32.2. The summed E-state index contributed by atoms with van der Waals surface area (Å²) >= 11 is 1.70. The lowest BCUT2D eigenvalue weighted by Gasteiger charge is -2.32. The summed E-state index contributed by atoms with van der Waals surface area (Å²) in [6.07, 6.45) is 5.99. The molecule has 6 nitrogen and oxygen atoms in total. The number of thioether (sulfide) groups is 1. The van der Waals surface area contributed by atoms with E-state index in [1.165, 1.54) is 11.0 Å². The van der Waals surface area contributed by atoms with Crippen LogP contribution in [-0.2, 0) is 13.1 Å². The van der Waals surface area contributed by atoms with Crippen LogP contribution in [0.15, 0.2) is 70.5 Å². The summed E-state index contributed by atoms with van der Waals surface area (Å²) in [6.45, 7) is 6.85. The van der Waals surface area contributed by atoms with Crippen LogP contribution >= 0.6 is 11.8 Å². The first-order chi connectivity index (χ1) is 20.3. The second kappa shape index (κ2) is 12.0. The third-order valence-electron chi connectivity index (χ3n) is 8.50. The van der Waals surface area contributed by atoms with Crippen molar-refractivity contribution in [2.24, 2.45) is 0 Å². The van der Waals surface area contributed by atoms with Crippen molar-refractivity contribution in [3.05, 3.63) is 99.2 Å². The fourth-order valence-electron chi connectivity index (χ4n) is 5.66. The molecule has 2 heterocycles. The van der Waals surface area contributed by atoms with Gasteiger partial charge in [0, 0.05) is 60.8 Å². The van der Waals surface area contributed by atoms with Crippen LogP contribution in [0.2, 0.25) is 0 Å². The lowest BCUT2D eigenvalue weighted by atomic mass is 9.94. The van der Waals surface area contributed by atoms with E-state index in [1.54, 1.807) is 24.8 Å². The largest absolute Gasteiger partial charge is 0.349 e. The molecular weight excluding hydrogens is 547 g/mol. The number of benzene rings is 3. The number of pyridine rings is 1. The van der Waals surface area contributed by atoms with Crippen LogP contribution in [0.3, 0.4) is 0 Å². The lowest BCUT2D eigenvalue weighted by Crippen LogP contribution is -2.44. The highest BCUT2D eigenvalue weighted by molar-refractivity contribution is 7.98. The molecular formula is C34H37FN4O2S. The predicted molar refractivity (Wildman–Crippen MR) is 169 cm³/mol. The number of aromatic nitrogens is 1. The van der Waals surface area contributed by atoms with Gasteiger partial charge < -0.3 is 14.8 Å². The van der Waals surface area contributed by atoms with E-state index in [2.05, 4.69) is 52.7 Å². The molecule has 0 radical (unpaired) electrons. The second-order valence-electron chi connectivity index (χ2n) is 11.7. The summed E-state index contributed by atoms with van der Waals surface area (Å²) in [5.74, 6) is -0.656. The van der Waals surface area contributed by atoms with Gasteiger partial charge in [-0.15, -0.1) is 11.8 Å². The van der Waals surface area contributed by atoms with Crippen molar-refractivity contribution in [1.29, 1.82) is 0 Å². The Bertz CT molecular complexity index is 1690. The Morgan fingerprint density at radius 1 is 0.976 bits per heavy atom. The quantitative estimate of drug-likeness (QED) is 0.276. The number of carbonyl (C=O) groups excluding carboxylic acids is 1. The molecule has 1 aliphatic heterocycles. The van der Waals surface area contributed by atoms with Crippen LogP contribution in [-0.4, -0.2) is 65.8 Å². The summed E-state index contributed by atoms with van der Waals surface area (Å²) in [6, 6.07) is 17.4. The number of likely N-dealkylation sites (N-methyl/N-ethyl adjacent to an activating group) is 1. The van der Waals surface area contributed by atoms with Gasteiger partial charge in [-0.2, -0.15) is 0 Å². The van der Waals surface area contributed by atoms with Crippen molar-refractivity contribution in [2.45, 2.75) is 43.8 Å². The summed E-state index contributed by atoms with van der Waals surface area (Å²) in [5.41, 5.74) is 4.36. The number of fused-ring (bicyclic) bond motifs is 1. The molecule has 0 unspecified atom stereocenters. The standard InChI is InChI=1S/C34H37FN4O2S/c1-22-30(17-25(18-32(22)35)33(40)36-27-7-8-27)24-6-11-29-31(16-24)26(20-38-14-12-37(2)13-15-38)21-39(34(29)41)19-23-4-9-28(42-3)10-5-23/h4-6,9-11,16-18,21,27H,7-8,12-15,19-20H2,1-3H3,(H,36,40). The third-order valence-corrected chi connectivity index (χ3v) is 9.24. The number of amides is 1. The van der Waals surface area contributed by atoms with E-state index in [4.69, 9.17) is 0 Å². The van der Waals surface area contributed by atoms with Gasteiger partial charge in [0.2, 0.25) is 0 Å². The number of nitrogens with one attached hydrogen (secondary N) is 1. The van der Waals surface area contributed by atoms with E-state index < -0.39 is 5.82 Å². The van der Waals surface area contributed by atoms with E-state index in [9.17, 15) is 9.59 Å². The minimum atomic E-state index is -0.408. The van der Waals surface area contributed by atoms with Gasteiger partial charge in [0.05, 0.1) is 6.54 Å². The number of carbonyl (C=O) groups is 1. The van der Waals surface area contributed by atoms with Gasteiger partial charge in [0.15, 0.2) is 0 Å². The Balaban J connectivity index is 1.42. The molecule has 3 aromatic carbocycles. The minimum Gasteiger partial charge on any atom is -0.349 e. The highest BCUT2D eigenvalue weighted by Gasteiger charge is 2.25. The molecule has 4 aromatic rings. The summed E-state index contributed by atoms with van der Waals surface area (Å²) in [7, 11) is 2.14. The van der Waals surface area contributed by atoms with Crippen LogP contribution in [0.5, 0.6) is 0 Å². The Morgan fingerprint density at radius 2 is 1.71 bits per heavy atom. The summed E-state index contributed by atoms with van der Waals surface area (Å²) < 4.78 is 16.9. The average Bonchev–Trinajstić information content (AvgIpc) is 3.82. The Labute approximate surface area is 250 Å². The number of halogens is 1. The minimum absolute atomic E-state index is 0.0481. The normalized spacial score (nSPS) is 16.2. The van der Waals surface area contributed by atoms with Gasteiger partial charge in [0.1, 0.15) is 5.82 Å². The molecule has 1 saturated carbocycles. The smallest absolute Gasteiger partial charge is 0.258 e. The maximum atomic E-state index is 15.1. The van der Waals surface area contributed by atoms with Gasteiger partial charge in [-0.1, -0.05) is 18.2 Å². The zero-order chi connectivity index (χ0) is 29.4. The molecule has 6 rings (SSSR count). The van der Waals surface area contributed by atoms with Gasteiger partial charge in [-0.25, -0.2) is 4.39 Å². The van der Waals surface area contributed by atoms with Crippen molar-refractivity contribution < 1.29 is 9.18 Å². The molecule has 0 atom stereocenters. The van der Waals surface area contributed by atoms with E-state index >= 15 is 4.39 Å². The maximum Gasteiger partial charge on any atom is 0.258 e. The monoisotopic (exact) mass is 584 g/mol. The molecule has 1 aromatic heterocycles. The van der Waals surface area contributed by atoms with Crippen LogP contribution in [0, 0.1) is 12.7 Å². The van der Waals surface area contributed by atoms with Crippen LogP contribution in [0.25, 0.3) is 21.9 Å². The lowest BCUT2D eigenvalue weighted by molar-refractivity contribution is 0.0950. The Morgan fingerprint density at radius 3 is 2.40 bits per heavy atom. The molecule has 8 heteroatoms. The highest BCUT2D eigenvalue weighted by Crippen LogP contribution is 2.31. The van der Waals surface area contributed by atoms with Gasteiger partial charge >= 0.3 is 0 Å². The van der Waals surface area contributed by atoms with Crippen molar-refractivity contribution in [2.75, 3.05) is 39.5 Å². The fourth-order valence-corrected chi connectivity index (χ4v) is 6.07. The molecule has 1 saturated heterocycles. The van der Waals surface area contributed by atoms with Gasteiger partial charge in [0.25, 0.3) is 11.5 Å². The Hall–Kier alpha value is -3.46. The van der Waals surface area contributed by atoms with Crippen LogP contribution < -0.4 is 10.9 Å². The Kier molecular flexibility index (Phi) is 8.21. The first-order valence-electron chi connectivity index (χ1n) is 14.6. The van der Waals surface area contributed by atoms with Crippen LogP contribution in [0.1, 0.15) is 39.9 Å². The number of nitrogens with zero attached hydrogens (tertiary/aromatic N) is 3. The van der Waals surface area contributed by atoms with Gasteiger partial charge in [-0.3, -0.25) is 14.5 Å². The van der Waals surface area contributed by atoms with E-state index in [1.807, 2.05) is 29.0 Å². The number of piperazine rings is 1. The topological polar surface area (TPSA) is 57.6 Å². The van der Waals surface area contributed by atoms with Crippen molar-refractivity contribution in [1.82, 2.24) is 19.7 Å². The molecule has 1 amide bonds. The number of hydrogen-bond donors (Lipinski definition) is 1. The first-order valence-corrected chi connectivity index (χ1v) is 15.8. The van der Waals surface area contributed by atoms with Crippen LogP contribution in [0.4, 0.5) is 4.39 Å². The second-order valence-corrected chi connectivity index (χ2v) is 12.5. The SMILES string of the molecule is CSc1ccc(Cn2cc(CN3CCN(C)CC3)c3cc(-c4cc(C(=O)NC5CC5)cc(F)c4C)ccc3c2=O)cc1. The molecule has 218 valence electrons. The zero-order valence-electron chi connectivity index (χ0n) is 24.5. The van der Waals surface area contributed by atoms with Crippen molar-refractivity contribution in [3.63, 3.8) is 0 Å². The van der Waals surface area contributed by atoms with Crippen molar-refractivity contribution >= 4 is 28.4 Å². The molecule has 0 bridgehead atoms. The predicted octanol–water partition coefficient (Wildman–Crippen LogP) is 5.53. The molecule has 1 aliphatic carbocycles. The first kappa shape index (κ1) is 28.6. The number of rotatable bonds is 8. The zero-order valence-corrected chi connectivity index (χ0v) is 25.3. The van der Waals surface area contributed by atoms with E-state index in [0.717, 1.165) is 67.6 Å².